The molecule has 4 rings (SSSR count). The minimum atomic E-state index is -0.637. The van der Waals surface area contributed by atoms with Gasteiger partial charge in [0.05, 0.1) is 32.0 Å². The summed E-state index contributed by atoms with van der Waals surface area (Å²) in [6.45, 7) is 10.8. The van der Waals surface area contributed by atoms with Crippen LogP contribution in [0.15, 0.2) is 65.7 Å². The highest BCUT2D eigenvalue weighted by molar-refractivity contribution is 5.68. The van der Waals surface area contributed by atoms with Crippen molar-refractivity contribution >= 4 is 6.09 Å². The van der Waals surface area contributed by atoms with E-state index in [4.69, 9.17) is 14.2 Å². The fraction of sp³-hybridized carbons (Fsp3) is 0.464. The molecule has 0 N–H and O–H groups in total. The van der Waals surface area contributed by atoms with Crippen LogP contribution in [0.25, 0.3) is 5.69 Å². The highest BCUT2D eigenvalue weighted by Crippen LogP contribution is 2.13. The van der Waals surface area contributed by atoms with E-state index in [-0.39, 0.29) is 18.8 Å². The molecule has 3 aromatic rings. The number of hydrogen-bond donors (Lipinski definition) is 0. The van der Waals surface area contributed by atoms with Crippen LogP contribution >= 0.6 is 0 Å². The summed E-state index contributed by atoms with van der Waals surface area (Å²) in [4.78, 5) is 29.8. The van der Waals surface area contributed by atoms with Gasteiger partial charge in [0.2, 0.25) is 0 Å². The first-order chi connectivity index (χ1) is 18.3. The molecule has 1 fully saturated rings. The number of hydrogen-bond acceptors (Lipinski definition) is 7. The van der Waals surface area contributed by atoms with Gasteiger partial charge >= 0.3 is 11.8 Å². The number of carbonyl (C=O) groups excluding carboxylic acids is 1. The van der Waals surface area contributed by atoms with E-state index in [0.29, 0.717) is 13.2 Å². The zero-order valence-corrected chi connectivity index (χ0v) is 22.4. The van der Waals surface area contributed by atoms with Gasteiger partial charge in [-0.05, 0) is 50.6 Å². The molecular weight excluding hydrogens is 486 g/mol. The van der Waals surface area contributed by atoms with E-state index in [9.17, 15) is 9.59 Å². The fourth-order valence-electron chi connectivity index (χ4n) is 4.07. The summed E-state index contributed by atoms with van der Waals surface area (Å²) in [5.74, 6) is 0.725. The molecule has 1 aliphatic heterocycles. The Bertz CT molecular complexity index is 1210. The lowest BCUT2D eigenvalue weighted by atomic mass is 10.2. The Balaban J connectivity index is 1.37. The molecule has 1 saturated heterocycles. The van der Waals surface area contributed by atoms with Gasteiger partial charge in [0, 0.05) is 26.2 Å². The monoisotopic (exact) mass is 523 g/mol. The smallest absolute Gasteiger partial charge is 0.410 e. The summed E-state index contributed by atoms with van der Waals surface area (Å²) >= 11 is 0. The Morgan fingerprint density at radius 2 is 1.74 bits per heavy atom. The Morgan fingerprint density at radius 3 is 2.42 bits per heavy atom. The molecule has 0 aliphatic carbocycles. The van der Waals surface area contributed by atoms with E-state index in [0.717, 1.165) is 44.3 Å². The lowest BCUT2D eigenvalue weighted by Gasteiger charge is -2.27. The normalized spacial score (nSPS) is 14.3. The van der Waals surface area contributed by atoms with Crippen molar-refractivity contribution in [2.24, 2.45) is 0 Å². The molecule has 1 aliphatic rings. The summed E-state index contributed by atoms with van der Waals surface area (Å²) < 4.78 is 19.6. The molecule has 2 aromatic carbocycles. The average Bonchev–Trinajstić information content (AvgIpc) is 3.26. The van der Waals surface area contributed by atoms with Crippen LogP contribution in [0, 0.1) is 0 Å². The number of nitrogens with zero attached hydrogens (tertiary/aromatic N) is 5. The number of carbonyl (C=O) groups is 1. The van der Waals surface area contributed by atoms with Gasteiger partial charge in [0.25, 0.3) is 0 Å². The highest BCUT2D eigenvalue weighted by Gasteiger charge is 2.22. The second-order valence-corrected chi connectivity index (χ2v) is 10.2. The van der Waals surface area contributed by atoms with Gasteiger partial charge < -0.3 is 19.1 Å². The van der Waals surface area contributed by atoms with Crippen molar-refractivity contribution in [2.45, 2.75) is 39.5 Å². The van der Waals surface area contributed by atoms with E-state index >= 15 is 0 Å². The second-order valence-electron chi connectivity index (χ2n) is 10.2. The van der Waals surface area contributed by atoms with Crippen molar-refractivity contribution in [1.82, 2.24) is 24.1 Å². The van der Waals surface area contributed by atoms with E-state index < -0.39 is 11.7 Å². The molecule has 38 heavy (non-hydrogen) atoms. The van der Waals surface area contributed by atoms with Gasteiger partial charge in [-0.15, -0.1) is 0 Å². The van der Waals surface area contributed by atoms with Crippen LogP contribution in [0.5, 0.6) is 5.75 Å². The zero-order chi connectivity index (χ0) is 27.0. The maximum Gasteiger partial charge on any atom is 0.410 e. The third kappa shape index (κ3) is 7.93. The number of para-hydroxylation sites is 1. The maximum absolute atomic E-state index is 13.1. The molecule has 204 valence electrons. The molecule has 0 bridgehead atoms. The van der Waals surface area contributed by atoms with E-state index in [1.54, 1.807) is 4.90 Å². The predicted octanol–water partition coefficient (Wildman–Crippen LogP) is 3.18. The van der Waals surface area contributed by atoms with Crippen molar-refractivity contribution in [3.05, 3.63) is 77.0 Å². The minimum absolute atomic E-state index is 0.228. The van der Waals surface area contributed by atoms with Crippen molar-refractivity contribution in [2.75, 3.05) is 46.0 Å². The summed E-state index contributed by atoms with van der Waals surface area (Å²) in [5.41, 5.74) is 1.02. The van der Waals surface area contributed by atoms with Gasteiger partial charge in [-0.25, -0.2) is 18.8 Å². The number of aromatic nitrogens is 3. The molecule has 2 heterocycles. The van der Waals surface area contributed by atoms with E-state index in [1.807, 2.05) is 75.4 Å². The SMILES string of the molecule is CC(C)(C)OC(=O)N(CCOc1ccccc1)CCn1ncn(-c2ccc(CN3CCOCC3)cc2)c1=O. The Labute approximate surface area is 223 Å². The number of ether oxygens (including phenoxy) is 3. The highest BCUT2D eigenvalue weighted by atomic mass is 16.6. The molecule has 0 spiro atoms. The van der Waals surface area contributed by atoms with Crippen LogP contribution in [-0.2, 0) is 22.6 Å². The van der Waals surface area contributed by atoms with Gasteiger partial charge in [0.1, 0.15) is 24.3 Å². The average molecular weight is 524 g/mol. The summed E-state index contributed by atoms with van der Waals surface area (Å²) in [6.07, 6.45) is 1.05. The number of morpholine rings is 1. The first-order valence-electron chi connectivity index (χ1n) is 13.0. The third-order valence-corrected chi connectivity index (χ3v) is 6.06. The largest absolute Gasteiger partial charge is 0.492 e. The maximum atomic E-state index is 13.1. The molecule has 0 radical (unpaired) electrons. The Hall–Kier alpha value is -3.63. The van der Waals surface area contributed by atoms with Crippen LogP contribution in [0.1, 0.15) is 26.3 Å². The van der Waals surface area contributed by atoms with E-state index in [1.165, 1.54) is 21.1 Å². The first-order valence-corrected chi connectivity index (χ1v) is 13.0. The van der Waals surface area contributed by atoms with Crippen molar-refractivity contribution < 1.29 is 19.0 Å². The van der Waals surface area contributed by atoms with Crippen molar-refractivity contribution in [3.8, 4) is 11.4 Å². The molecule has 1 amide bonds. The molecule has 10 nitrogen and oxygen atoms in total. The molecule has 0 unspecified atom stereocenters. The molecule has 0 atom stereocenters. The summed E-state index contributed by atoms with van der Waals surface area (Å²) in [7, 11) is 0. The fourth-order valence-corrected chi connectivity index (χ4v) is 4.07. The van der Waals surface area contributed by atoms with Crippen LogP contribution in [0.3, 0.4) is 0 Å². The molecule has 10 heteroatoms. The predicted molar refractivity (Wildman–Crippen MR) is 144 cm³/mol. The topological polar surface area (TPSA) is 91.1 Å². The lowest BCUT2D eigenvalue weighted by Crippen LogP contribution is -2.41. The van der Waals surface area contributed by atoms with Crippen LogP contribution in [0.4, 0.5) is 4.79 Å². The zero-order valence-electron chi connectivity index (χ0n) is 22.4. The quantitative estimate of drug-likeness (QED) is 0.403. The van der Waals surface area contributed by atoms with Crippen molar-refractivity contribution in [3.63, 3.8) is 0 Å². The molecular formula is C28H37N5O5. The van der Waals surface area contributed by atoms with Gasteiger partial charge in [-0.1, -0.05) is 30.3 Å². The standard InChI is InChI=1S/C28H37N5O5/c1-28(2,3)38-27(35)31(17-20-37-25-7-5-4-6-8-25)13-14-33-26(34)32(22-29-33)24-11-9-23(10-12-24)21-30-15-18-36-19-16-30/h4-12,22H,13-21H2,1-3H3. The summed E-state index contributed by atoms with van der Waals surface area (Å²) in [6, 6.07) is 17.3. The molecule has 1 aromatic heterocycles. The van der Waals surface area contributed by atoms with Crippen molar-refractivity contribution in [1.29, 1.82) is 0 Å². The Kier molecular flexibility index (Phi) is 9.19. The van der Waals surface area contributed by atoms with Crippen LogP contribution < -0.4 is 10.4 Å². The summed E-state index contributed by atoms with van der Waals surface area (Å²) in [5, 5.41) is 4.28. The van der Waals surface area contributed by atoms with Crippen LogP contribution in [-0.4, -0.2) is 81.8 Å². The third-order valence-electron chi connectivity index (χ3n) is 6.06. The van der Waals surface area contributed by atoms with Crippen LogP contribution in [0.2, 0.25) is 0 Å². The number of rotatable bonds is 10. The number of benzene rings is 2. The number of amides is 1. The van der Waals surface area contributed by atoms with Gasteiger partial charge in [-0.3, -0.25) is 4.90 Å². The van der Waals surface area contributed by atoms with E-state index in [2.05, 4.69) is 10.00 Å². The molecule has 0 saturated carbocycles. The van der Waals surface area contributed by atoms with Gasteiger partial charge in [-0.2, -0.15) is 5.10 Å². The second kappa shape index (κ2) is 12.7. The Morgan fingerprint density at radius 1 is 1.03 bits per heavy atom. The van der Waals surface area contributed by atoms with Gasteiger partial charge in [0.15, 0.2) is 0 Å². The first kappa shape index (κ1) is 27.4. The minimum Gasteiger partial charge on any atom is -0.492 e. The lowest BCUT2D eigenvalue weighted by molar-refractivity contribution is 0.0217.